The lowest BCUT2D eigenvalue weighted by Crippen LogP contribution is -2.34. The van der Waals surface area contributed by atoms with Gasteiger partial charge in [-0.25, -0.2) is 23.4 Å². The molecule has 0 bridgehead atoms. The number of amides is 1. The summed E-state index contributed by atoms with van der Waals surface area (Å²) in [6.45, 7) is 2.16. The first-order valence-corrected chi connectivity index (χ1v) is 12.3. The first-order chi connectivity index (χ1) is 16.9. The summed E-state index contributed by atoms with van der Waals surface area (Å²) in [6, 6.07) is 20.9. The number of esters is 1. The fourth-order valence-electron chi connectivity index (χ4n) is 2.76. The number of hydrazone groups is 1. The van der Waals surface area contributed by atoms with Gasteiger partial charge in [-0.15, -0.1) is 0 Å². The van der Waals surface area contributed by atoms with Gasteiger partial charge in [0.2, 0.25) is 10.0 Å². The number of rotatable bonds is 11. The van der Waals surface area contributed by atoms with Crippen LogP contribution < -0.4 is 19.6 Å². The second-order valence-corrected chi connectivity index (χ2v) is 9.03. The molecule has 35 heavy (non-hydrogen) atoms. The van der Waals surface area contributed by atoms with E-state index in [0.29, 0.717) is 29.2 Å². The summed E-state index contributed by atoms with van der Waals surface area (Å²) in [5, 5.41) is 3.80. The molecule has 3 aromatic carbocycles. The van der Waals surface area contributed by atoms with E-state index in [1.54, 1.807) is 66.7 Å². The number of hydrogen-bond acceptors (Lipinski definition) is 7. The third kappa shape index (κ3) is 8.05. The van der Waals surface area contributed by atoms with Crippen LogP contribution in [0.15, 0.2) is 88.9 Å². The molecule has 2 N–H and O–H groups in total. The number of nitrogens with zero attached hydrogens (tertiary/aromatic N) is 1. The van der Waals surface area contributed by atoms with Gasteiger partial charge in [-0.2, -0.15) is 5.10 Å². The van der Waals surface area contributed by atoms with Crippen molar-refractivity contribution >= 4 is 28.1 Å². The Hall–Kier alpha value is -4.02. The highest BCUT2D eigenvalue weighted by molar-refractivity contribution is 7.89. The van der Waals surface area contributed by atoms with E-state index in [4.69, 9.17) is 9.47 Å². The summed E-state index contributed by atoms with van der Waals surface area (Å²) in [4.78, 5) is 24.3. The molecule has 0 radical (unpaired) electrons. The zero-order chi connectivity index (χ0) is 25.1. The molecule has 0 saturated carbocycles. The number of benzene rings is 3. The van der Waals surface area contributed by atoms with Gasteiger partial charge in [0.25, 0.3) is 5.91 Å². The molecule has 9 nitrogen and oxygen atoms in total. The molecule has 3 rings (SSSR count). The molecule has 0 unspecified atom stereocenters. The van der Waals surface area contributed by atoms with Gasteiger partial charge < -0.3 is 9.47 Å². The van der Waals surface area contributed by atoms with Crippen LogP contribution >= 0.6 is 0 Å². The van der Waals surface area contributed by atoms with Crippen LogP contribution in [-0.4, -0.2) is 39.7 Å². The lowest BCUT2D eigenvalue weighted by atomic mass is 10.2. The third-order valence-corrected chi connectivity index (χ3v) is 5.95. The zero-order valence-electron chi connectivity index (χ0n) is 19.0. The maximum Gasteiger partial charge on any atom is 0.343 e. The van der Waals surface area contributed by atoms with Gasteiger partial charge in [-0.1, -0.05) is 25.1 Å². The van der Waals surface area contributed by atoms with Crippen molar-refractivity contribution in [2.45, 2.75) is 18.2 Å². The molecular weight excluding hydrogens is 470 g/mol. The van der Waals surface area contributed by atoms with Gasteiger partial charge in [-0.05, 0) is 72.6 Å². The summed E-state index contributed by atoms with van der Waals surface area (Å²) in [7, 11) is -3.78. The summed E-state index contributed by atoms with van der Waals surface area (Å²) in [6.07, 6.45) is 2.28. The van der Waals surface area contributed by atoms with Crippen LogP contribution in [-0.2, 0) is 14.8 Å². The van der Waals surface area contributed by atoms with E-state index >= 15 is 0 Å². The van der Waals surface area contributed by atoms with Gasteiger partial charge in [0, 0.05) is 0 Å². The number of carbonyl (C=O) groups excluding carboxylic acids is 2. The molecule has 0 atom stereocenters. The van der Waals surface area contributed by atoms with Crippen molar-refractivity contribution < 1.29 is 27.5 Å². The van der Waals surface area contributed by atoms with Gasteiger partial charge in [0.1, 0.15) is 11.5 Å². The van der Waals surface area contributed by atoms with Crippen molar-refractivity contribution in [2.24, 2.45) is 5.10 Å². The Morgan fingerprint density at radius 3 is 2.23 bits per heavy atom. The highest BCUT2D eigenvalue weighted by Crippen LogP contribution is 2.16. The Morgan fingerprint density at radius 1 is 0.914 bits per heavy atom. The smallest absolute Gasteiger partial charge is 0.343 e. The van der Waals surface area contributed by atoms with Crippen molar-refractivity contribution in [1.29, 1.82) is 0 Å². The van der Waals surface area contributed by atoms with E-state index < -0.39 is 28.4 Å². The van der Waals surface area contributed by atoms with E-state index in [1.165, 1.54) is 18.3 Å². The first-order valence-electron chi connectivity index (χ1n) is 10.8. The van der Waals surface area contributed by atoms with Crippen LogP contribution in [0.3, 0.4) is 0 Å². The first kappa shape index (κ1) is 25.6. The van der Waals surface area contributed by atoms with Crippen molar-refractivity contribution in [3.63, 3.8) is 0 Å². The summed E-state index contributed by atoms with van der Waals surface area (Å²) in [5.74, 6) is -0.0957. The second-order valence-electron chi connectivity index (χ2n) is 7.26. The topological polar surface area (TPSA) is 123 Å². The van der Waals surface area contributed by atoms with E-state index in [9.17, 15) is 18.0 Å². The quantitative estimate of drug-likeness (QED) is 0.182. The van der Waals surface area contributed by atoms with Crippen molar-refractivity contribution in [3.8, 4) is 11.5 Å². The van der Waals surface area contributed by atoms with Crippen molar-refractivity contribution in [3.05, 3.63) is 90.0 Å². The Kier molecular flexibility index (Phi) is 9.10. The number of hydrogen-bond donors (Lipinski definition) is 2. The highest BCUT2D eigenvalue weighted by atomic mass is 32.2. The van der Waals surface area contributed by atoms with Crippen LogP contribution in [0, 0.1) is 0 Å². The predicted molar refractivity (Wildman–Crippen MR) is 131 cm³/mol. The van der Waals surface area contributed by atoms with Gasteiger partial charge in [0.15, 0.2) is 0 Å². The van der Waals surface area contributed by atoms with Crippen molar-refractivity contribution in [2.75, 3.05) is 13.2 Å². The Bertz CT molecular complexity index is 1260. The molecule has 0 aliphatic heterocycles. The van der Waals surface area contributed by atoms with E-state index in [0.717, 1.165) is 6.42 Å². The fraction of sp³-hybridized carbons (Fsp3) is 0.160. The van der Waals surface area contributed by atoms with Crippen LogP contribution in [0.2, 0.25) is 0 Å². The molecule has 3 aromatic rings. The highest BCUT2D eigenvalue weighted by Gasteiger charge is 2.14. The molecule has 182 valence electrons. The summed E-state index contributed by atoms with van der Waals surface area (Å²) < 4.78 is 37.3. The van der Waals surface area contributed by atoms with Crippen LogP contribution in [0.25, 0.3) is 0 Å². The van der Waals surface area contributed by atoms with E-state index in [2.05, 4.69) is 15.2 Å². The lowest BCUT2D eigenvalue weighted by molar-refractivity contribution is -0.119. The number of nitrogens with one attached hydrogen (secondary N) is 2. The van der Waals surface area contributed by atoms with E-state index in [-0.39, 0.29) is 4.90 Å². The molecule has 1 amide bonds. The number of sulfonamides is 1. The minimum atomic E-state index is -3.78. The van der Waals surface area contributed by atoms with Crippen LogP contribution in [0.1, 0.15) is 29.3 Å². The monoisotopic (exact) mass is 495 g/mol. The Morgan fingerprint density at radius 2 is 1.57 bits per heavy atom. The van der Waals surface area contributed by atoms with Gasteiger partial charge >= 0.3 is 5.97 Å². The maximum absolute atomic E-state index is 12.3. The SMILES string of the molecule is CCCOc1ccc(C(=O)Oc2ccc(/C=N\NC(=O)CNS(=O)(=O)c3ccccc3)cc2)cc1. The summed E-state index contributed by atoms with van der Waals surface area (Å²) >= 11 is 0. The molecule has 0 heterocycles. The van der Waals surface area contributed by atoms with Crippen molar-refractivity contribution in [1.82, 2.24) is 10.1 Å². The van der Waals surface area contributed by atoms with E-state index in [1.807, 2.05) is 6.92 Å². The average Bonchev–Trinajstić information content (AvgIpc) is 2.88. The Labute approximate surface area is 203 Å². The minimum absolute atomic E-state index is 0.0649. The molecule has 0 aromatic heterocycles. The van der Waals surface area contributed by atoms with Gasteiger partial charge in [-0.3, -0.25) is 4.79 Å². The maximum atomic E-state index is 12.3. The lowest BCUT2D eigenvalue weighted by Gasteiger charge is -2.07. The molecule has 0 spiro atoms. The average molecular weight is 496 g/mol. The zero-order valence-corrected chi connectivity index (χ0v) is 19.8. The molecule has 0 fully saturated rings. The second kappa shape index (κ2) is 12.4. The predicted octanol–water partition coefficient (Wildman–Crippen LogP) is 3.12. The number of ether oxygens (including phenoxy) is 2. The molecule has 0 aliphatic carbocycles. The third-order valence-electron chi connectivity index (χ3n) is 4.53. The molecule has 0 saturated heterocycles. The van der Waals surface area contributed by atoms with Gasteiger partial charge in [0.05, 0.1) is 29.8 Å². The van der Waals surface area contributed by atoms with Crippen LogP contribution in [0.5, 0.6) is 11.5 Å². The molecular formula is C25H25N3O6S. The van der Waals surface area contributed by atoms with Crippen LogP contribution in [0.4, 0.5) is 0 Å². The summed E-state index contributed by atoms with van der Waals surface area (Å²) in [5.41, 5.74) is 3.27. The molecule has 10 heteroatoms. The largest absolute Gasteiger partial charge is 0.494 e. The minimum Gasteiger partial charge on any atom is -0.494 e. The molecule has 0 aliphatic rings. The normalized spacial score (nSPS) is 11.2. The standard InChI is InChI=1S/C25H25N3O6S/c1-2-16-33-21-14-10-20(11-15-21)25(30)34-22-12-8-19(9-13-22)17-26-28-24(29)18-27-35(31,32)23-6-4-3-5-7-23/h3-15,17,27H,2,16,18H2,1H3,(H,28,29)/b26-17-. The fourth-order valence-corrected chi connectivity index (χ4v) is 3.76. The Balaban J connectivity index is 1.46. The number of carbonyl (C=O) groups is 2.